The van der Waals surface area contributed by atoms with Crippen LogP contribution >= 0.6 is 0 Å². The number of fused-ring (bicyclic) bond motifs is 3. The number of rotatable bonds is 9. The van der Waals surface area contributed by atoms with E-state index in [0.29, 0.717) is 0 Å². The molecule has 8 nitrogen and oxygen atoms in total. The number of aromatic nitrogens is 1. The van der Waals surface area contributed by atoms with Crippen molar-refractivity contribution in [3.8, 4) is 11.1 Å². The summed E-state index contributed by atoms with van der Waals surface area (Å²) in [7, 11) is 0. The fraction of sp³-hybridized carbons (Fsp3) is 0.296. The average molecular weight is 476 g/mol. The minimum absolute atomic E-state index is 0.110. The molecule has 2 amide bonds. The molecular weight excluding hydrogens is 446 g/mol. The third kappa shape index (κ3) is 5.37. The number of alkyl carbamates (subject to hydrolysis) is 1. The van der Waals surface area contributed by atoms with Gasteiger partial charge in [0.15, 0.2) is 0 Å². The van der Waals surface area contributed by atoms with Crippen LogP contribution in [0.1, 0.15) is 36.6 Å². The quantitative estimate of drug-likeness (QED) is 0.376. The van der Waals surface area contributed by atoms with Gasteiger partial charge in [0.2, 0.25) is 5.91 Å². The molecule has 2 aromatic carbocycles. The lowest BCUT2D eigenvalue weighted by Gasteiger charge is -2.23. The second-order valence-corrected chi connectivity index (χ2v) is 8.99. The highest BCUT2D eigenvalue weighted by atomic mass is 16.5. The number of carboxylic acid groups (broad SMARTS) is 1. The number of hydrogen-bond acceptors (Lipinski definition) is 4. The third-order valence-electron chi connectivity index (χ3n) is 6.27. The zero-order valence-electron chi connectivity index (χ0n) is 19.7. The summed E-state index contributed by atoms with van der Waals surface area (Å²) in [5, 5.41) is 14.6. The number of H-pyrrole nitrogens is 1. The van der Waals surface area contributed by atoms with Crippen molar-refractivity contribution in [1.29, 1.82) is 0 Å². The van der Waals surface area contributed by atoms with E-state index in [0.717, 1.165) is 27.9 Å². The van der Waals surface area contributed by atoms with Gasteiger partial charge < -0.3 is 25.5 Å². The number of nitrogens with one attached hydrogen (secondary N) is 3. The number of amides is 2. The van der Waals surface area contributed by atoms with Gasteiger partial charge in [-0.2, -0.15) is 0 Å². The van der Waals surface area contributed by atoms with Crippen LogP contribution in [0.3, 0.4) is 0 Å². The van der Waals surface area contributed by atoms with Gasteiger partial charge in [-0.25, -0.2) is 9.59 Å². The van der Waals surface area contributed by atoms with Crippen molar-refractivity contribution < 1.29 is 24.2 Å². The van der Waals surface area contributed by atoms with E-state index in [1.807, 2.05) is 36.4 Å². The minimum Gasteiger partial charge on any atom is -0.480 e. The van der Waals surface area contributed by atoms with Gasteiger partial charge in [-0.05, 0) is 40.3 Å². The first-order valence-corrected chi connectivity index (χ1v) is 11.6. The summed E-state index contributed by atoms with van der Waals surface area (Å²) < 4.78 is 5.58. The molecular formula is C27H29N3O5. The van der Waals surface area contributed by atoms with Crippen molar-refractivity contribution in [3.63, 3.8) is 0 Å². The van der Waals surface area contributed by atoms with E-state index in [4.69, 9.17) is 4.74 Å². The Bertz CT molecular complexity index is 1160. The van der Waals surface area contributed by atoms with Gasteiger partial charge in [0.1, 0.15) is 18.7 Å². The summed E-state index contributed by atoms with van der Waals surface area (Å²) in [4.78, 5) is 40.3. The molecule has 4 rings (SSSR count). The number of carbonyl (C=O) groups excluding carboxylic acids is 2. The van der Waals surface area contributed by atoms with Crippen LogP contribution in [0.25, 0.3) is 11.1 Å². The Morgan fingerprint density at radius 1 is 0.943 bits per heavy atom. The third-order valence-corrected chi connectivity index (χ3v) is 6.27. The molecule has 0 aliphatic heterocycles. The molecule has 0 saturated carbocycles. The van der Waals surface area contributed by atoms with Crippen LogP contribution < -0.4 is 10.6 Å². The van der Waals surface area contributed by atoms with Gasteiger partial charge in [-0.3, -0.25) is 4.79 Å². The van der Waals surface area contributed by atoms with Crippen LogP contribution in [0.4, 0.5) is 4.79 Å². The van der Waals surface area contributed by atoms with Crippen molar-refractivity contribution in [2.24, 2.45) is 5.92 Å². The molecule has 0 bridgehead atoms. The Morgan fingerprint density at radius 3 is 2.11 bits per heavy atom. The summed E-state index contributed by atoms with van der Waals surface area (Å²) in [6.45, 7) is 3.52. The average Bonchev–Trinajstić information content (AvgIpc) is 3.46. The summed E-state index contributed by atoms with van der Waals surface area (Å²) in [6.07, 6.45) is 1.13. The fourth-order valence-electron chi connectivity index (χ4n) is 4.47. The number of aromatic amines is 1. The lowest BCUT2D eigenvalue weighted by Crippen LogP contribution is -2.54. The first-order chi connectivity index (χ1) is 16.8. The van der Waals surface area contributed by atoms with Gasteiger partial charge in [-0.1, -0.05) is 62.4 Å². The van der Waals surface area contributed by atoms with Crippen LogP contribution in [-0.2, 0) is 20.7 Å². The minimum atomic E-state index is -1.13. The summed E-state index contributed by atoms with van der Waals surface area (Å²) in [6, 6.07) is 17.5. The normalized spacial score (nSPS) is 14.0. The first-order valence-electron chi connectivity index (χ1n) is 11.6. The van der Waals surface area contributed by atoms with Crippen molar-refractivity contribution in [3.05, 3.63) is 83.7 Å². The highest BCUT2D eigenvalue weighted by molar-refractivity contribution is 5.89. The summed E-state index contributed by atoms with van der Waals surface area (Å²) in [5.74, 6) is -2.15. The number of ether oxygens (including phenoxy) is 1. The SMILES string of the molecule is CC(C)[C@H](NC(=O)C(Cc1ccc[nH]1)NC(=O)OCC1c2ccccc2-c2ccccc21)C(=O)O. The number of aliphatic carboxylic acids is 1. The van der Waals surface area contributed by atoms with Crippen molar-refractivity contribution in [2.45, 2.75) is 38.3 Å². The van der Waals surface area contributed by atoms with E-state index in [2.05, 4.69) is 27.8 Å². The first kappa shape index (κ1) is 24.1. The van der Waals surface area contributed by atoms with Crippen LogP contribution in [0.2, 0.25) is 0 Å². The highest BCUT2D eigenvalue weighted by Crippen LogP contribution is 2.44. The van der Waals surface area contributed by atoms with E-state index < -0.39 is 30.1 Å². The molecule has 1 aliphatic rings. The number of carboxylic acids is 1. The molecule has 3 aromatic rings. The smallest absolute Gasteiger partial charge is 0.407 e. The zero-order valence-corrected chi connectivity index (χ0v) is 19.7. The summed E-state index contributed by atoms with van der Waals surface area (Å²) >= 11 is 0. The molecule has 1 aliphatic carbocycles. The molecule has 1 unspecified atom stereocenters. The molecule has 1 aromatic heterocycles. The van der Waals surface area contributed by atoms with Gasteiger partial charge in [0, 0.05) is 24.2 Å². The molecule has 0 radical (unpaired) electrons. The molecule has 0 spiro atoms. The van der Waals surface area contributed by atoms with Gasteiger partial charge in [0.05, 0.1) is 0 Å². The van der Waals surface area contributed by atoms with Crippen molar-refractivity contribution in [2.75, 3.05) is 6.61 Å². The lowest BCUT2D eigenvalue weighted by atomic mass is 9.98. The van der Waals surface area contributed by atoms with Gasteiger partial charge in [0.25, 0.3) is 0 Å². The van der Waals surface area contributed by atoms with E-state index in [1.165, 1.54) is 0 Å². The van der Waals surface area contributed by atoms with Gasteiger partial charge in [-0.15, -0.1) is 0 Å². The summed E-state index contributed by atoms with van der Waals surface area (Å²) in [5.41, 5.74) is 5.14. The van der Waals surface area contributed by atoms with Crippen LogP contribution in [0.15, 0.2) is 66.9 Å². The molecule has 8 heteroatoms. The molecule has 4 N–H and O–H groups in total. The molecule has 182 valence electrons. The van der Waals surface area contributed by atoms with Crippen LogP contribution in [0.5, 0.6) is 0 Å². The number of hydrogen-bond donors (Lipinski definition) is 4. The maximum atomic E-state index is 13.0. The van der Waals surface area contributed by atoms with Crippen molar-refractivity contribution in [1.82, 2.24) is 15.6 Å². The van der Waals surface area contributed by atoms with E-state index in [9.17, 15) is 19.5 Å². The van der Waals surface area contributed by atoms with Crippen LogP contribution in [0, 0.1) is 5.92 Å². The predicted molar refractivity (Wildman–Crippen MR) is 131 cm³/mol. The second kappa shape index (κ2) is 10.5. The number of benzene rings is 2. The van der Waals surface area contributed by atoms with E-state index in [1.54, 1.807) is 32.2 Å². The Balaban J connectivity index is 1.45. The molecule has 35 heavy (non-hydrogen) atoms. The van der Waals surface area contributed by atoms with E-state index in [-0.39, 0.29) is 24.9 Å². The molecule has 0 saturated heterocycles. The lowest BCUT2D eigenvalue weighted by molar-refractivity contribution is -0.143. The Kier molecular flexibility index (Phi) is 7.19. The maximum absolute atomic E-state index is 13.0. The Hall–Kier alpha value is -4.07. The maximum Gasteiger partial charge on any atom is 0.407 e. The standard InChI is InChI=1S/C27H29N3O5/c1-16(2)24(26(32)33)30-25(31)23(14-17-8-7-13-28-17)29-27(34)35-15-22-20-11-5-3-9-18(20)19-10-4-6-12-21(19)22/h3-13,16,22-24,28H,14-15H2,1-2H3,(H,29,34)(H,30,31)(H,32,33)/t23?,24-/m0/s1. The van der Waals surface area contributed by atoms with Gasteiger partial charge >= 0.3 is 12.1 Å². The number of carbonyl (C=O) groups is 3. The second-order valence-electron chi connectivity index (χ2n) is 8.99. The molecule has 0 fully saturated rings. The Labute approximate surface area is 203 Å². The fourth-order valence-corrected chi connectivity index (χ4v) is 4.47. The molecule has 1 heterocycles. The topological polar surface area (TPSA) is 121 Å². The molecule has 2 atom stereocenters. The highest BCUT2D eigenvalue weighted by Gasteiger charge is 2.31. The van der Waals surface area contributed by atoms with Crippen LogP contribution in [-0.4, -0.2) is 46.8 Å². The monoisotopic (exact) mass is 475 g/mol. The predicted octanol–water partition coefficient (Wildman–Crippen LogP) is 3.69. The zero-order chi connectivity index (χ0) is 24.9. The largest absolute Gasteiger partial charge is 0.480 e. The van der Waals surface area contributed by atoms with E-state index >= 15 is 0 Å². The van der Waals surface area contributed by atoms with Crippen molar-refractivity contribution >= 4 is 18.0 Å². The Morgan fingerprint density at radius 2 is 1.57 bits per heavy atom.